The Morgan fingerprint density at radius 1 is 0.952 bits per heavy atom. The van der Waals surface area contributed by atoms with Crippen molar-refractivity contribution in [1.29, 1.82) is 0 Å². The van der Waals surface area contributed by atoms with E-state index in [0.717, 1.165) is 17.7 Å². The Labute approximate surface area is 138 Å². The number of halogens is 1. The van der Waals surface area contributed by atoms with Crippen LogP contribution in [0.3, 0.4) is 0 Å². The van der Waals surface area contributed by atoms with Crippen LogP contribution in [0.15, 0.2) is 48.5 Å². The lowest BCUT2D eigenvalue weighted by atomic mass is 10.1. The number of hydrogen-bond donors (Lipinski definition) is 1. The van der Waals surface area contributed by atoms with E-state index in [4.69, 9.17) is 9.84 Å². The molecule has 0 aromatic heterocycles. The van der Waals surface area contributed by atoms with Crippen LogP contribution in [0.25, 0.3) is 11.1 Å². The predicted octanol–water partition coefficient (Wildman–Crippen LogP) is 4.59. The van der Waals surface area contributed by atoms with Crippen molar-refractivity contribution in [2.45, 2.75) is 19.3 Å². The largest absolute Gasteiger partial charge is 0.494 e. The predicted molar refractivity (Wildman–Crippen MR) is 91.6 cm³/mol. The van der Waals surface area contributed by atoms with Crippen LogP contribution in [0.4, 0.5) is 0 Å². The fourth-order valence-electron chi connectivity index (χ4n) is 1.95. The van der Waals surface area contributed by atoms with E-state index in [-0.39, 0.29) is 6.42 Å². The monoisotopic (exact) mass is 396 g/mol. The topological polar surface area (TPSA) is 46.5 Å². The second-order valence-electron chi connectivity index (χ2n) is 4.73. The molecule has 3 nitrogen and oxygen atoms in total. The average molecular weight is 396 g/mol. The molecule has 2 aromatic carbocycles. The van der Waals surface area contributed by atoms with Crippen molar-refractivity contribution in [3.8, 4) is 16.9 Å². The zero-order valence-corrected chi connectivity index (χ0v) is 13.7. The molecule has 0 unspecified atom stereocenters. The molecule has 0 saturated heterocycles. The highest BCUT2D eigenvalue weighted by atomic mass is 127. The molecule has 2 aromatic rings. The van der Waals surface area contributed by atoms with Crippen LogP contribution in [-0.2, 0) is 4.79 Å². The summed E-state index contributed by atoms with van der Waals surface area (Å²) in [5.74, 6) is 0.0662. The molecular weight excluding hydrogens is 379 g/mol. The van der Waals surface area contributed by atoms with Gasteiger partial charge >= 0.3 is 5.97 Å². The van der Waals surface area contributed by atoms with Gasteiger partial charge in [0.05, 0.1) is 6.61 Å². The van der Waals surface area contributed by atoms with Crippen molar-refractivity contribution in [2.75, 3.05) is 6.61 Å². The molecule has 4 heteroatoms. The summed E-state index contributed by atoms with van der Waals surface area (Å²) in [4.78, 5) is 10.4. The van der Waals surface area contributed by atoms with E-state index in [0.29, 0.717) is 13.0 Å². The number of benzene rings is 2. The van der Waals surface area contributed by atoms with Gasteiger partial charge in [-0.1, -0.05) is 24.3 Å². The molecule has 1 N–H and O–H groups in total. The Hall–Kier alpha value is -1.56. The second-order valence-corrected chi connectivity index (χ2v) is 5.98. The summed E-state index contributed by atoms with van der Waals surface area (Å²) in [5, 5.41) is 8.54. The normalized spacial score (nSPS) is 10.3. The molecule has 0 atom stereocenters. The van der Waals surface area contributed by atoms with Crippen molar-refractivity contribution in [3.63, 3.8) is 0 Å². The molecule has 0 bridgehead atoms. The Bertz CT molecular complexity index is 576. The molecular formula is C17H17IO3. The van der Waals surface area contributed by atoms with Gasteiger partial charge < -0.3 is 9.84 Å². The third kappa shape index (κ3) is 5.38. The van der Waals surface area contributed by atoms with E-state index < -0.39 is 5.97 Å². The van der Waals surface area contributed by atoms with Gasteiger partial charge in [0.15, 0.2) is 0 Å². The first-order valence-corrected chi connectivity index (χ1v) is 7.93. The fourth-order valence-corrected chi connectivity index (χ4v) is 2.31. The molecule has 0 aliphatic carbocycles. The summed E-state index contributed by atoms with van der Waals surface area (Å²) in [7, 11) is 0. The first kappa shape index (κ1) is 15.8. The van der Waals surface area contributed by atoms with E-state index >= 15 is 0 Å². The quantitative estimate of drug-likeness (QED) is 0.550. The highest BCUT2D eigenvalue weighted by molar-refractivity contribution is 14.1. The molecule has 21 heavy (non-hydrogen) atoms. The summed E-state index contributed by atoms with van der Waals surface area (Å²) in [6, 6.07) is 16.3. The minimum absolute atomic E-state index is 0.203. The van der Waals surface area contributed by atoms with Crippen molar-refractivity contribution in [3.05, 3.63) is 52.1 Å². The zero-order chi connectivity index (χ0) is 15.1. The van der Waals surface area contributed by atoms with Crippen LogP contribution in [0, 0.1) is 3.57 Å². The third-order valence-electron chi connectivity index (χ3n) is 3.09. The SMILES string of the molecule is O=C(O)CCCCOc1ccc(-c2ccc(I)cc2)cc1. The maximum absolute atomic E-state index is 10.4. The first-order chi connectivity index (χ1) is 10.1. The van der Waals surface area contributed by atoms with Crippen LogP contribution in [0.1, 0.15) is 19.3 Å². The van der Waals surface area contributed by atoms with Gasteiger partial charge in [-0.2, -0.15) is 0 Å². The smallest absolute Gasteiger partial charge is 0.303 e. The Balaban J connectivity index is 1.84. The zero-order valence-electron chi connectivity index (χ0n) is 11.6. The maximum atomic E-state index is 10.4. The molecule has 110 valence electrons. The second kappa shape index (κ2) is 8.02. The summed E-state index contributed by atoms with van der Waals surface area (Å²) in [6.07, 6.45) is 1.61. The third-order valence-corrected chi connectivity index (χ3v) is 3.80. The van der Waals surface area contributed by atoms with E-state index in [2.05, 4.69) is 46.9 Å². The van der Waals surface area contributed by atoms with E-state index in [9.17, 15) is 4.79 Å². The standard InChI is InChI=1S/C17H17IO3/c18-15-8-4-13(5-9-15)14-6-10-16(11-7-14)21-12-2-1-3-17(19)20/h4-11H,1-3,12H2,(H,19,20). The van der Waals surface area contributed by atoms with Gasteiger partial charge in [-0.05, 0) is 70.8 Å². The fraction of sp³-hybridized carbons (Fsp3) is 0.235. The summed E-state index contributed by atoms with van der Waals surface area (Å²) in [6.45, 7) is 0.552. The highest BCUT2D eigenvalue weighted by Crippen LogP contribution is 2.23. The van der Waals surface area contributed by atoms with Gasteiger partial charge in [0.2, 0.25) is 0 Å². The van der Waals surface area contributed by atoms with Gasteiger partial charge in [-0.25, -0.2) is 0 Å². The number of carbonyl (C=O) groups is 1. The van der Waals surface area contributed by atoms with Crippen molar-refractivity contribution in [1.82, 2.24) is 0 Å². The molecule has 0 amide bonds. The van der Waals surface area contributed by atoms with E-state index in [1.165, 1.54) is 9.13 Å². The van der Waals surface area contributed by atoms with E-state index in [1.54, 1.807) is 0 Å². The summed E-state index contributed by atoms with van der Waals surface area (Å²) in [5.41, 5.74) is 2.34. The number of aliphatic carboxylic acids is 1. The van der Waals surface area contributed by atoms with Crippen molar-refractivity contribution in [2.24, 2.45) is 0 Å². The molecule has 0 fully saturated rings. The number of ether oxygens (including phenoxy) is 1. The van der Waals surface area contributed by atoms with E-state index in [1.807, 2.05) is 24.3 Å². The van der Waals surface area contributed by atoms with Gasteiger partial charge in [-0.3, -0.25) is 4.79 Å². The first-order valence-electron chi connectivity index (χ1n) is 6.86. The molecule has 0 saturated carbocycles. The summed E-state index contributed by atoms with van der Waals surface area (Å²) < 4.78 is 6.82. The number of rotatable bonds is 7. The Morgan fingerprint density at radius 3 is 2.10 bits per heavy atom. The highest BCUT2D eigenvalue weighted by Gasteiger charge is 2.00. The Kier molecular flexibility index (Phi) is 6.04. The van der Waals surface area contributed by atoms with Crippen LogP contribution >= 0.6 is 22.6 Å². The van der Waals surface area contributed by atoms with Crippen molar-refractivity contribution >= 4 is 28.6 Å². The van der Waals surface area contributed by atoms with Crippen LogP contribution in [-0.4, -0.2) is 17.7 Å². The van der Waals surface area contributed by atoms with Crippen LogP contribution < -0.4 is 4.74 Å². The van der Waals surface area contributed by atoms with Crippen molar-refractivity contribution < 1.29 is 14.6 Å². The number of unbranched alkanes of at least 4 members (excludes halogenated alkanes) is 1. The molecule has 0 aliphatic rings. The van der Waals surface area contributed by atoms with Gasteiger partial charge in [0, 0.05) is 9.99 Å². The molecule has 0 heterocycles. The lowest BCUT2D eigenvalue weighted by molar-refractivity contribution is -0.137. The molecule has 0 aliphatic heterocycles. The molecule has 2 rings (SSSR count). The number of carboxylic acids is 1. The minimum atomic E-state index is -0.753. The minimum Gasteiger partial charge on any atom is -0.494 e. The maximum Gasteiger partial charge on any atom is 0.303 e. The van der Waals surface area contributed by atoms with Crippen LogP contribution in [0.2, 0.25) is 0 Å². The van der Waals surface area contributed by atoms with Crippen LogP contribution in [0.5, 0.6) is 5.75 Å². The Morgan fingerprint density at radius 2 is 1.52 bits per heavy atom. The van der Waals surface area contributed by atoms with Gasteiger partial charge in [0.25, 0.3) is 0 Å². The molecule has 0 radical (unpaired) electrons. The average Bonchev–Trinajstić information content (AvgIpc) is 2.48. The lowest BCUT2D eigenvalue weighted by Crippen LogP contribution is -2.00. The van der Waals surface area contributed by atoms with Gasteiger partial charge in [-0.15, -0.1) is 0 Å². The number of hydrogen-bond acceptors (Lipinski definition) is 2. The molecule has 0 spiro atoms. The van der Waals surface area contributed by atoms with Gasteiger partial charge in [0.1, 0.15) is 5.75 Å². The lowest BCUT2D eigenvalue weighted by Gasteiger charge is -2.07. The number of carboxylic acid groups (broad SMARTS) is 1. The summed E-state index contributed by atoms with van der Waals surface area (Å²) >= 11 is 2.29.